The molecular weight excluding hydrogens is 108 g/mol. The molecule has 0 saturated carbocycles. The molecule has 0 aromatic heterocycles. The summed E-state index contributed by atoms with van der Waals surface area (Å²) in [6.45, 7) is 10.9. The van der Waals surface area contributed by atoms with E-state index in [4.69, 9.17) is 0 Å². The third-order valence-electron chi connectivity index (χ3n) is 0.236. The first kappa shape index (κ1) is 15.8. The maximum atomic E-state index is 3.49. The Balaban J connectivity index is -0.0000000575. The minimum Gasteiger partial charge on any atom is -0.344 e. The first-order valence-corrected chi connectivity index (χ1v) is 2.53. The van der Waals surface area contributed by atoms with E-state index in [1.807, 2.05) is 19.9 Å². The van der Waals surface area contributed by atoms with E-state index in [0.29, 0.717) is 0 Å². The van der Waals surface area contributed by atoms with Crippen LogP contribution in [0.3, 0.4) is 0 Å². The summed E-state index contributed by atoms with van der Waals surface area (Å²) in [4.78, 5) is 0. The van der Waals surface area contributed by atoms with Gasteiger partial charge < -0.3 is 6.92 Å². The van der Waals surface area contributed by atoms with Gasteiger partial charge in [-0.05, 0) is 0 Å². The van der Waals surface area contributed by atoms with Crippen molar-refractivity contribution in [2.75, 3.05) is 0 Å². The minimum absolute atomic E-state index is 0. The molecule has 0 amide bonds. The molecule has 0 aliphatic heterocycles. The van der Waals surface area contributed by atoms with Gasteiger partial charge in [-0.2, -0.15) is 6.42 Å². The zero-order chi connectivity index (χ0) is 6.12. The van der Waals surface area contributed by atoms with Crippen LogP contribution in [0.2, 0.25) is 0 Å². The molecule has 0 N–H and O–H groups in total. The Morgan fingerprint density at radius 1 is 1.50 bits per heavy atom. The van der Waals surface area contributed by atoms with Crippen molar-refractivity contribution >= 4 is 23.1 Å². The SMILES string of the molecule is [CH2-]C=CC.[CH2-]CC.[Mg+2]. The Kier molecular flexibility index (Phi) is 51.9. The Morgan fingerprint density at radius 2 is 1.62 bits per heavy atom. The first-order chi connectivity index (χ1) is 3.33. The molecule has 0 atom stereocenters. The largest absolute Gasteiger partial charge is 2.00 e. The summed E-state index contributed by atoms with van der Waals surface area (Å²) in [7, 11) is 0. The second-order valence-electron chi connectivity index (χ2n) is 1.07. The van der Waals surface area contributed by atoms with E-state index in [2.05, 4.69) is 13.8 Å². The quantitative estimate of drug-likeness (QED) is 0.342. The molecule has 0 fully saturated rings. The van der Waals surface area contributed by atoms with Crippen LogP contribution in [-0.2, 0) is 0 Å². The third-order valence-corrected chi connectivity index (χ3v) is 0.236. The topological polar surface area (TPSA) is 0 Å². The molecule has 1 heteroatoms. The van der Waals surface area contributed by atoms with E-state index in [0.717, 1.165) is 6.42 Å². The Bertz CT molecular complexity index is 27.4. The van der Waals surface area contributed by atoms with E-state index < -0.39 is 0 Å². The van der Waals surface area contributed by atoms with Gasteiger partial charge in [0, 0.05) is 0 Å². The van der Waals surface area contributed by atoms with Crippen LogP contribution in [-0.4, -0.2) is 23.1 Å². The fourth-order valence-electron chi connectivity index (χ4n) is 0. The van der Waals surface area contributed by atoms with Crippen LogP contribution in [0.5, 0.6) is 0 Å². The van der Waals surface area contributed by atoms with E-state index in [1.54, 1.807) is 6.08 Å². The summed E-state index contributed by atoms with van der Waals surface area (Å²) in [6.07, 6.45) is 4.64. The van der Waals surface area contributed by atoms with E-state index in [1.165, 1.54) is 0 Å². The van der Waals surface area contributed by atoms with Gasteiger partial charge in [0.1, 0.15) is 0 Å². The molecule has 44 valence electrons. The molecule has 0 spiro atoms. The fourth-order valence-corrected chi connectivity index (χ4v) is 0. The van der Waals surface area contributed by atoms with Crippen molar-refractivity contribution in [2.24, 2.45) is 0 Å². The second kappa shape index (κ2) is 26.3. The van der Waals surface area contributed by atoms with Gasteiger partial charge in [-0.1, -0.05) is 6.92 Å². The summed E-state index contributed by atoms with van der Waals surface area (Å²) in [5.74, 6) is 0. The summed E-state index contributed by atoms with van der Waals surface area (Å²) < 4.78 is 0. The average Bonchev–Trinajstić information content (AvgIpc) is 1.69. The van der Waals surface area contributed by atoms with Crippen LogP contribution >= 0.6 is 0 Å². The van der Waals surface area contributed by atoms with Gasteiger partial charge in [-0.15, -0.1) is 6.92 Å². The Morgan fingerprint density at radius 3 is 1.62 bits per heavy atom. The van der Waals surface area contributed by atoms with Crippen molar-refractivity contribution in [3.63, 3.8) is 0 Å². The first-order valence-electron chi connectivity index (χ1n) is 2.53. The van der Waals surface area contributed by atoms with Crippen LogP contribution in [0.4, 0.5) is 0 Å². The maximum absolute atomic E-state index is 3.49. The maximum Gasteiger partial charge on any atom is 2.00 e. The predicted molar refractivity (Wildman–Crippen MR) is 41.6 cm³/mol. The molecular formula is C7H14Mg. The molecule has 0 aliphatic carbocycles. The fraction of sp³-hybridized carbons (Fsp3) is 0.429. The molecule has 0 aliphatic rings. The average molecular weight is 122 g/mol. The molecule has 0 heterocycles. The Labute approximate surface area is 69.5 Å². The van der Waals surface area contributed by atoms with Crippen molar-refractivity contribution in [3.8, 4) is 0 Å². The van der Waals surface area contributed by atoms with Gasteiger partial charge in [0.15, 0.2) is 0 Å². The number of hydrogen-bond acceptors (Lipinski definition) is 0. The zero-order valence-electron chi connectivity index (χ0n) is 5.98. The summed E-state index contributed by atoms with van der Waals surface area (Å²) in [5.41, 5.74) is 0. The molecule has 0 unspecified atom stereocenters. The minimum atomic E-state index is 0. The van der Waals surface area contributed by atoms with Crippen molar-refractivity contribution in [2.45, 2.75) is 20.3 Å². The molecule has 0 rings (SSSR count). The molecule has 8 heavy (non-hydrogen) atoms. The Hall–Kier alpha value is 0.376. The van der Waals surface area contributed by atoms with E-state index in [9.17, 15) is 0 Å². The summed E-state index contributed by atoms with van der Waals surface area (Å²) in [5, 5.41) is 0. The van der Waals surface area contributed by atoms with Gasteiger partial charge in [0.05, 0.1) is 0 Å². The zero-order valence-corrected chi connectivity index (χ0v) is 7.40. The van der Waals surface area contributed by atoms with Crippen LogP contribution < -0.4 is 0 Å². The van der Waals surface area contributed by atoms with Gasteiger partial charge in [0.2, 0.25) is 0 Å². The monoisotopic (exact) mass is 122 g/mol. The van der Waals surface area contributed by atoms with Crippen LogP contribution in [0.25, 0.3) is 0 Å². The molecule has 0 aromatic rings. The van der Waals surface area contributed by atoms with Gasteiger partial charge in [-0.25, -0.2) is 19.1 Å². The standard InChI is InChI=1S/C4H7.C3H7.Mg/c1-3-4-2;1-3-2;/h3-4H,1H2,2H3;1,3H2,2H3;/q2*-1;+2. The number of hydrogen-bond donors (Lipinski definition) is 0. The van der Waals surface area contributed by atoms with Gasteiger partial charge >= 0.3 is 23.1 Å². The molecule has 0 nitrogen and oxygen atoms in total. The van der Waals surface area contributed by atoms with Gasteiger partial charge in [-0.3, -0.25) is 0 Å². The second-order valence-corrected chi connectivity index (χ2v) is 1.07. The molecule has 0 saturated heterocycles. The summed E-state index contributed by atoms with van der Waals surface area (Å²) >= 11 is 0. The van der Waals surface area contributed by atoms with E-state index >= 15 is 0 Å². The van der Waals surface area contributed by atoms with Crippen molar-refractivity contribution < 1.29 is 0 Å². The number of allylic oxidation sites excluding steroid dienone is 2. The van der Waals surface area contributed by atoms with Crippen LogP contribution in [0, 0.1) is 13.8 Å². The molecule has 0 aromatic carbocycles. The predicted octanol–water partition coefficient (Wildman–Crippen LogP) is 2.25. The normalized spacial score (nSPS) is 6.88. The van der Waals surface area contributed by atoms with Gasteiger partial charge in [0.25, 0.3) is 0 Å². The molecule has 0 bridgehead atoms. The van der Waals surface area contributed by atoms with E-state index in [-0.39, 0.29) is 23.1 Å². The number of rotatable bonds is 0. The van der Waals surface area contributed by atoms with Crippen LogP contribution in [0.1, 0.15) is 20.3 Å². The third kappa shape index (κ3) is 97.3. The van der Waals surface area contributed by atoms with Crippen molar-refractivity contribution in [3.05, 3.63) is 26.0 Å². The molecule has 0 radical (unpaired) electrons. The summed E-state index contributed by atoms with van der Waals surface area (Å²) in [6, 6.07) is 0. The van der Waals surface area contributed by atoms with Crippen LogP contribution in [0.15, 0.2) is 12.2 Å². The smallest absolute Gasteiger partial charge is 0.344 e. The van der Waals surface area contributed by atoms with Crippen molar-refractivity contribution in [1.82, 2.24) is 0 Å². The van der Waals surface area contributed by atoms with Crippen molar-refractivity contribution in [1.29, 1.82) is 0 Å².